The first-order chi connectivity index (χ1) is 13.8. The van der Waals surface area contributed by atoms with Gasteiger partial charge in [-0.1, -0.05) is 6.07 Å². The average molecular weight is 379 g/mol. The molecule has 4 heterocycles. The van der Waals surface area contributed by atoms with Crippen LogP contribution in [0, 0.1) is 0 Å². The molecule has 0 spiro atoms. The van der Waals surface area contributed by atoms with E-state index in [1.54, 1.807) is 10.7 Å². The second-order valence-electron chi connectivity index (χ2n) is 7.69. The maximum absolute atomic E-state index is 12.2. The Balaban J connectivity index is 1.15. The van der Waals surface area contributed by atoms with E-state index in [0.717, 1.165) is 81.3 Å². The summed E-state index contributed by atoms with van der Waals surface area (Å²) in [6.07, 6.45) is 5.14. The topological polar surface area (TPSA) is 71.6 Å². The van der Waals surface area contributed by atoms with Gasteiger partial charge >= 0.3 is 0 Å². The number of aryl methyl sites for hydroxylation is 2. The van der Waals surface area contributed by atoms with Crippen molar-refractivity contribution in [2.45, 2.75) is 32.4 Å². The van der Waals surface area contributed by atoms with Crippen molar-refractivity contribution in [3.05, 3.63) is 57.9 Å². The molecule has 28 heavy (non-hydrogen) atoms. The summed E-state index contributed by atoms with van der Waals surface area (Å²) in [7, 11) is 0. The van der Waals surface area contributed by atoms with Gasteiger partial charge < -0.3 is 0 Å². The molecule has 0 unspecified atom stereocenters. The fourth-order valence-electron chi connectivity index (χ4n) is 4.21. The molecule has 0 radical (unpaired) electrons. The Hall–Kier alpha value is -2.58. The molecule has 0 amide bonds. The van der Waals surface area contributed by atoms with Gasteiger partial charge in [-0.15, -0.1) is 10.2 Å². The van der Waals surface area contributed by atoms with Gasteiger partial charge in [0.25, 0.3) is 5.56 Å². The van der Waals surface area contributed by atoms with E-state index in [1.165, 1.54) is 0 Å². The molecule has 0 N–H and O–H groups in total. The summed E-state index contributed by atoms with van der Waals surface area (Å²) in [6.45, 7) is 6.33. The molecule has 8 heteroatoms. The zero-order valence-electron chi connectivity index (χ0n) is 16.0. The van der Waals surface area contributed by atoms with E-state index in [4.69, 9.17) is 0 Å². The lowest BCUT2D eigenvalue weighted by molar-refractivity contribution is 0.120. The van der Waals surface area contributed by atoms with Crippen LogP contribution in [0.15, 0.2) is 35.3 Å². The number of hydrogen-bond donors (Lipinski definition) is 0. The van der Waals surface area contributed by atoms with E-state index in [0.29, 0.717) is 6.54 Å². The molecule has 3 aromatic rings. The smallest absolute Gasteiger partial charge is 0.267 e. The number of pyridine rings is 1. The van der Waals surface area contributed by atoms with Crippen LogP contribution in [0.1, 0.15) is 23.5 Å². The van der Waals surface area contributed by atoms with E-state index in [2.05, 4.69) is 29.5 Å². The Labute approximate surface area is 163 Å². The molecule has 8 nitrogen and oxygen atoms in total. The van der Waals surface area contributed by atoms with Gasteiger partial charge in [0.05, 0.1) is 18.8 Å². The molecule has 1 aliphatic heterocycles. The van der Waals surface area contributed by atoms with Crippen molar-refractivity contribution >= 4 is 5.65 Å². The van der Waals surface area contributed by atoms with Crippen molar-refractivity contribution in [3.8, 4) is 0 Å². The Morgan fingerprint density at radius 2 is 1.82 bits per heavy atom. The highest BCUT2D eigenvalue weighted by atomic mass is 16.1. The van der Waals surface area contributed by atoms with Crippen molar-refractivity contribution < 1.29 is 0 Å². The van der Waals surface area contributed by atoms with Crippen LogP contribution in [0.25, 0.3) is 5.65 Å². The third-order valence-corrected chi connectivity index (χ3v) is 5.87. The van der Waals surface area contributed by atoms with Crippen LogP contribution >= 0.6 is 0 Å². The van der Waals surface area contributed by atoms with Crippen LogP contribution in [0.4, 0.5) is 0 Å². The molecule has 3 aromatic heterocycles. The number of piperazine rings is 1. The second kappa shape index (κ2) is 7.44. The van der Waals surface area contributed by atoms with Crippen molar-refractivity contribution in [1.82, 2.24) is 34.2 Å². The Bertz CT molecular complexity index is 1030. The van der Waals surface area contributed by atoms with Gasteiger partial charge in [0.15, 0.2) is 11.5 Å². The first kappa shape index (κ1) is 17.5. The van der Waals surface area contributed by atoms with E-state index in [9.17, 15) is 4.79 Å². The standard InChI is InChI=1S/C20H25N7O/c28-20-14-16-4-3-5-17(16)23-27(20)13-12-24-8-10-25(11-9-24)15-19-22-21-18-6-1-2-7-26(18)19/h1-2,6-7,14H,3-5,8-13,15H2. The van der Waals surface area contributed by atoms with E-state index in [1.807, 2.05) is 24.4 Å². The third-order valence-electron chi connectivity index (χ3n) is 5.87. The molecular weight excluding hydrogens is 354 g/mol. The molecular formula is C20H25N7O. The first-order valence-electron chi connectivity index (χ1n) is 10.1. The van der Waals surface area contributed by atoms with Crippen LogP contribution < -0.4 is 5.56 Å². The summed E-state index contributed by atoms with van der Waals surface area (Å²) < 4.78 is 3.71. The molecule has 0 saturated carbocycles. The summed E-state index contributed by atoms with van der Waals surface area (Å²) in [5.41, 5.74) is 3.20. The van der Waals surface area contributed by atoms with Crippen LogP contribution in [-0.4, -0.2) is 66.9 Å². The van der Waals surface area contributed by atoms with Crippen molar-refractivity contribution in [3.63, 3.8) is 0 Å². The number of fused-ring (bicyclic) bond motifs is 2. The summed E-state index contributed by atoms with van der Waals surface area (Å²) >= 11 is 0. The van der Waals surface area contributed by atoms with Gasteiger partial charge in [0, 0.05) is 45.0 Å². The van der Waals surface area contributed by atoms with Gasteiger partial charge in [0.2, 0.25) is 0 Å². The van der Waals surface area contributed by atoms with Crippen molar-refractivity contribution in [2.24, 2.45) is 0 Å². The summed E-state index contributed by atoms with van der Waals surface area (Å²) in [6, 6.07) is 7.75. The molecule has 0 aromatic carbocycles. The van der Waals surface area contributed by atoms with Crippen molar-refractivity contribution in [2.75, 3.05) is 32.7 Å². The molecule has 0 bridgehead atoms. The van der Waals surface area contributed by atoms with Crippen LogP contribution in [0.3, 0.4) is 0 Å². The predicted molar refractivity (Wildman–Crippen MR) is 105 cm³/mol. The largest absolute Gasteiger partial charge is 0.299 e. The van der Waals surface area contributed by atoms with E-state index < -0.39 is 0 Å². The van der Waals surface area contributed by atoms with Gasteiger partial charge in [0.1, 0.15) is 0 Å². The minimum absolute atomic E-state index is 0.0398. The lowest BCUT2D eigenvalue weighted by Crippen LogP contribution is -2.47. The van der Waals surface area contributed by atoms with Gasteiger partial charge in [-0.3, -0.25) is 19.0 Å². The summed E-state index contributed by atoms with van der Waals surface area (Å²) in [4.78, 5) is 17.1. The van der Waals surface area contributed by atoms with Crippen LogP contribution in [0.5, 0.6) is 0 Å². The van der Waals surface area contributed by atoms with Gasteiger partial charge in [-0.05, 0) is 37.0 Å². The maximum atomic E-state index is 12.2. The minimum atomic E-state index is 0.0398. The SMILES string of the molecule is O=c1cc2c(nn1CCN1CCN(Cc3nnc4ccccn34)CC1)CCC2. The highest BCUT2D eigenvalue weighted by Gasteiger charge is 2.20. The Morgan fingerprint density at radius 3 is 2.71 bits per heavy atom. The molecule has 2 aliphatic rings. The number of aromatic nitrogens is 5. The quantitative estimate of drug-likeness (QED) is 0.646. The van der Waals surface area contributed by atoms with Crippen molar-refractivity contribution in [1.29, 1.82) is 0 Å². The molecule has 1 aliphatic carbocycles. The minimum Gasteiger partial charge on any atom is -0.299 e. The molecule has 1 fully saturated rings. The number of nitrogens with zero attached hydrogens (tertiary/aromatic N) is 7. The fraction of sp³-hybridized carbons (Fsp3) is 0.500. The molecule has 0 atom stereocenters. The highest BCUT2D eigenvalue weighted by molar-refractivity contribution is 5.36. The molecule has 146 valence electrons. The van der Waals surface area contributed by atoms with Gasteiger partial charge in [-0.2, -0.15) is 5.10 Å². The summed E-state index contributed by atoms with van der Waals surface area (Å²) in [5, 5.41) is 13.1. The highest BCUT2D eigenvalue weighted by Crippen LogP contribution is 2.17. The monoisotopic (exact) mass is 379 g/mol. The molecule has 5 rings (SSSR count). The number of rotatable bonds is 5. The average Bonchev–Trinajstić information content (AvgIpc) is 3.34. The van der Waals surface area contributed by atoms with Crippen LogP contribution in [0.2, 0.25) is 0 Å². The molecule has 1 saturated heterocycles. The third kappa shape index (κ3) is 3.45. The lowest BCUT2D eigenvalue weighted by atomic mass is 10.2. The maximum Gasteiger partial charge on any atom is 0.267 e. The summed E-state index contributed by atoms with van der Waals surface area (Å²) in [5.74, 6) is 0.984. The zero-order valence-corrected chi connectivity index (χ0v) is 16.0. The Kier molecular flexibility index (Phi) is 4.66. The first-order valence-corrected chi connectivity index (χ1v) is 10.1. The predicted octanol–water partition coefficient (Wildman–Crippen LogP) is 0.592. The number of hydrogen-bond acceptors (Lipinski definition) is 6. The fourth-order valence-corrected chi connectivity index (χ4v) is 4.21. The second-order valence-corrected chi connectivity index (χ2v) is 7.69. The van der Waals surface area contributed by atoms with E-state index in [-0.39, 0.29) is 5.56 Å². The van der Waals surface area contributed by atoms with Crippen LogP contribution in [-0.2, 0) is 25.9 Å². The Morgan fingerprint density at radius 1 is 0.964 bits per heavy atom. The van der Waals surface area contributed by atoms with E-state index >= 15 is 0 Å². The zero-order chi connectivity index (χ0) is 18.9. The van der Waals surface area contributed by atoms with Gasteiger partial charge in [-0.25, -0.2) is 4.68 Å². The normalized spacial score (nSPS) is 18.0. The lowest BCUT2D eigenvalue weighted by Gasteiger charge is -2.34.